The second kappa shape index (κ2) is 13.7. The minimum atomic E-state index is -1.35. The van der Waals surface area contributed by atoms with Crippen molar-refractivity contribution in [2.45, 2.75) is 20.3 Å². The number of carboxylic acids is 2. The molecule has 52 heavy (non-hydrogen) atoms. The van der Waals surface area contributed by atoms with Gasteiger partial charge in [0.15, 0.2) is 5.78 Å². The highest BCUT2D eigenvalue weighted by Gasteiger charge is 2.21. The summed E-state index contributed by atoms with van der Waals surface area (Å²) in [6.45, 7) is 3.66. The highest BCUT2D eigenvalue weighted by molar-refractivity contribution is 6.14. The van der Waals surface area contributed by atoms with Crippen LogP contribution in [0, 0.1) is 6.92 Å². The van der Waals surface area contributed by atoms with E-state index in [4.69, 9.17) is 4.74 Å². The number of carboxylic acid groups (broad SMARTS) is 2. The van der Waals surface area contributed by atoms with Crippen molar-refractivity contribution >= 4 is 51.1 Å². The normalized spacial score (nSPS) is 11.0. The lowest BCUT2D eigenvalue weighted by atomic mass is 10.0. The number of ether oxygens (including phenoxy) is 1. The molecule has 0 radical (unpaired) electrons. The van der Waals surface area contributed by atoms with Crippen molar-refractivity contribution in [3.8, 4) is 28.3 Å². The van der Waals surface area contributed by atoms with Gasteiger partial charge in [0, 0.05) is 34.0 Å². The smallest absolute Gasteiger partial charge is 0.336 e. The van der Waals surface area contributed by atoms with E-state index in [1.54, 1.807) is 13.0 Å². The van der Waals surface area contributed by atoms with Gasteiger partial charge >= 0.3 is 11.9 Å². The molecule has 0 bridgehead atoms. The molecule has 9 nitrogen and oxygen atoms in total. The number of aromatic nitrogens is 1. The number of aromatic carboxylic acids is 2. The number of aryl methyl sites for hydroxylation is 1. The first-order chi connectivity index (χ1) is 25.1. The van der Waals surface area contributed by atoms with E-state index in [1.165, 1.54) is 36.4 Å². The number of benzene rings is 6. The Morgan fingerprint density at radius 1 is 0.635 bits per heavy atom. The summed E-state index contributed by atoms with van der Waals surface area (Å²) in [5.41, 5.74) is 6.08. The molecule has 3 N–H and O–H groups in total. The number of Topliss-reactive ketones (excluding diaryl/α,β-unsaturated/α-hetero) is 1. The maximum absolute atomic E-state index is 13.6. The molecule has 0 saturated heterocycles. The predicted octanol–water partition coefficient (Wildman–Crippen LogP) is 9.79. The molecule has 0 aliphatic carbocycles. The zero-order chi connectivity index (χ0) is 36.5. The number of ketones is 1. The first kappa shape index (κ1) is 33.5. The van der Waals surface area contributed by atoms with Crippen molar-refractivity contribution in [3.63, 3.8) is 0 Å². The van der Waals surface area contributed by atoms with Crippen LogP contribution in [0.15, 0.2) is 127 Å². The van der Waals surface area contributed by atoms with E-state index >= 15 is 0 Å². The Morgan fingerprint density at radius 2 is 1.23 bits per heavy atom. The maximum atomic E-state index is 13.6. The Hall–Kier alpha value is -7.00. The molecular formula is C43H32N2O7. The average molecular weight is 689 g/mol. The van der Waals surface area contributed by atoms with Crippen LogP contribution in [0.4, 0.5) is 5.69 Å². The van der Waals surface area contributed by atoms with Crippen LogP contribution in [0.1, 0.15) is 60.3 Å². The number of carbonyl (C=O) groups excluding carboxylic acids is 2. The van der Waals surface area contributed by atoms with Crippen molar-refractivity contribution in [2.24, 2.45) is 0 Å². The molecule has 7 rings (SSSR count). The summed E-state index contributed by atoms with van der Waals surface area (Å²) in [5.74, 6) is -3.45. The summed E-state index contributed by atoms with van der Waals surface area (Å²) in [7, 11) is 0. The number of anilines is 1. The summed E-state index contributed by atoms with van der Waals surface area (Å²) in [6.07, 6.45) is 0.131. The van der Waals surface area contributed by atoms with Gasteiger partial charge in [0.2, 0.25) is 0 Å². The second-order valence-corrected chi connectivity index (χ2v) is 12.3. The van der Waals surface area contributed by atoms with Crippen LogP contribution in [0.5, 0.6) is 11.5 Å². The molecule has 7 aromatic rings. The number of amides is 1. The third-order valence-corrected chi connectivity index (χ3v) is 8.95. The Kier molecular flexibility index (Phi) is 8.84. The quantitative estimate of drug-likeness (QED) is 0.122. The molecule has 1 amide bonds. The lowest BCUT2D eigenvalue weighted by Crippen LogP contribution is -2.16. The molecule has 256 valence electrons. The third-order valence-electron chi connectivity index (χ3n) is 8.95. The first-order valence-electron chi connectivity index (χ1n) is 16.6. The summed E-state index contributed by atoms with van der Waals surface area (Å²) in [6, 6.07) is 38.3. The predicted molar refractivity (Wildman–Crippen MR) is 200 cm³/mol. The van der Waals surface area contributed by atoms with Crippen molar-refractivity contribution in [2.75, 3.05) is 5.32 Å². The summed E-state index contributed by atoms with van der Waals surface area (Å²) < 4.78 is 8.00. The Bertz CT molecular complexity index is 2570. The lowest BCUT2D eigenvalue weighted by Gasteiger charge is -2.14. The van der Waals surface area contributed by atoms with Gasteiger partial charge in [0.05, 0.1) is 33.4 Å². The van der Waals surface area contributed by atoms with Crippen LogP contribution in [-0.2, 0) is 0 Å². The van der Waals surface area contributed by atoms with Crippen LogP contribution < -0.4 is 10.1 Å². The van der Waals surface area contributed by atoms with E-state index in [0.29, 0.717) is 5.69 Å². The molecule has 9 heteroatoms. The van der Waals surface area contributed by atoms with E-state index in [9.17, 15) is 29.4 Å². The molecule has 1 aromatic heterocycles. The van der Waals surface area contributed by atoms with Gasteiger partial charge < -0.3 is 24.8 Å². The summed E-state index contributed by atoms with van der Waals surface area (Å²) >= 11 is 0. The van der Waals surface area contributed by atoms with Crippen LogP contribution in [0.3, 0.4) is 0 Å². The number of rotatable bonds is 10. The Balaban J connectivity index is 1.23. The number of hydrogen-bond donors (Lipinski definition) is 3. The number of carbonyl (C=O) groups is 4. The van der Waals surface area contributed by atoms with Gasteiger partial charge in [-0.2, -0.15) is 0 Å². The maximum Gasteiger partial charge on any atom is 0.336 e. The molecule has 0 fully saturated rings. The Labute approximate surface area is 298 Å². The van der Waals surface area contributed by atoms with Crippen LogP contribution in [-0.4, -0.2) is 38.4 Å². The average Bonchev–Trinajstić information content (AvgIpc) is 3.47. The van der Waals surface area contributed by atoms with Gasteiger partial charge in [-0.05, 0) is 85.3 Å². The van der Waals surface area contributed by atoms with Gasteiger partial charge in [0.1, 0.15) is 11.5 Å². The Morgan fingerprint density at radius 3 is 1.90 bits per heavy atom. The van der Waals surface area contributed by atoms with E-state index < -0.39 is 17.8 Å². The first-order valence-corrected chi connectivity index (χ1v) is 16.6. The SMILES string of the molecule is CCC(=O)c1ccc(Oc2ccc(C(=O)Nc3ccc4c(c3)c3cc(C)ccc3n4-c3ccccc3-c3ccccc3)c(C(=O)O)c2)cc1C(=O)O. The molecular weight excluding hydrogens is 656 g/mol. The van der Waals surface area contributed by atoms with E-state index in [2.05, 4.69) is 52.3 Å². The van der Waals surface area contributed by atoms with Gasteiger partial charge in [0.25, 0.3) is 5.91 Å². The van der Waals surface area contributed by atoms with Crippen molar-refractivity contribution in [1.29, 1.82) is 0 Å². The monoisotopic (exact) mass is 688 g/mol. The summed E-state index contributed by atoms with van der Waals surface area (Å²) in [5, 5.41) is 24.5. The number of fused-ring (bicyclic) bond motifs is 3. The van der Waals surface area contributed by atoms with E-state index in [-0.39, 0.29) is 46.0 Å². The molecule has 0 spiro atoms. The molecule has 1 heterocycles. The van der Waals surface area contributed by atoms with Crippen molar-refractivity contribution in [1.82, 2.24) is 4.57 Å². The largest absolute Gasteiger partial charge is 0.478 e. The topological polar surface area (TPSA) is 135 Å². The number of para-hydroxylation sites is 1. The number of hydrogen-bond acceptors (Lipinski definition) is 5. The van der Waals surface area contributed by atoms with Gasteiger partial charge in [-0.25, -0.2) is 9.59 Å². The lowest BCUT2D eigenvalue weighted by molar-refractivity contribution is 0.0683. The summed E-state index contributed by atoms with van der Waals surface area (Å²) in [4.78, 5) is 50.0. The van der Waals surface area contributed by atoms with Gasteiger partial charge in [-0.1, -0.05) is 67.1 Å². The van der Waals surface area contributed by atoms with Crippen molar-refractivity contribution in [3.05, 3.63) is 155 Å². The molecule has 0 aliphatic heterocycles. The molecule has 6 aromatic carbocycles. The fraction of sp³-hybridized carbons (Fsp3) is 0.0698. The standard InChI is InChI=1S/C43H32N2O7/c1-3-40(46)31-17-15-28(23-35(31)42(48)49)52-29-16-18-32(36(24-29)43(50)51)41(47)44-27-14-20-39-34(22-27)33-21-25(2)13-19-38(33)45(39)37-12-8-7-11-30(37)26-9-5-4-6-10-26/h4-24H,3H2,1-2H3,(H,44,47)(H,48,49)(H,50,51). The minimum Gasteiger partial charge on any atom is -0.478 e. The molecule has 0 saturated carbocycles. The van der Waals surface area contributed by atoms with Crippen LogP contribution in [0.2, 0.25) is 0 Å². The highest BCUT2D eigenvalue weighted by atomic mass is 16.5. The number of nitrogens with one attached hydrogen (secondary N) is 1. The van der Waals surface area contributed by atoms with E-state index in [1.807, 2.05) is 49.4 Å². The fourth-order valence-electron chi connectivity index (χ4n) is 6.50. The molecule has 0 atom stereocenters. The second-order valence-electron chi connectivity index (χ2n) is 12.3. The number of nitrogens with zero attached hydrogens (tertiary/aromatic N) is 1. The van der Waals surface area contributed by atoms with Crippen LogP contribution in [0.25, 0.3) is 38.6 Å². The van der Waals surface area contributed by atoms with Gasteiger partial charge in [-0.3, -0.25) is 9.59 Å². The zero-order valence-corrected chi connectivity index (χ0v) is 28.2. The minimum absolute atomic E-state index is 0.0514. The van der Waals surface area contributed by atoms with Crippen LogP contribution >= 0.6 is 0 Å². The van der Waals surface area contributed by atoms with E-state index in [0.717, 1.165) is 44.2 Å². The third kappa shape index (κ3) is 6.27. The molecule has 0 unspecified atom stereocenters. The van der Waals surface area contributed by atoms with Gasteiger partial charge in [-0.15, -0.1) is 0 Å². The highest BCUT2D eigenvalue weighted by Crippen LogP contribution is 2.38. The zero-order valence-electron chi connectivity index (χ0n) is 28.2. The molecule has 0 aliphatic rings. The fourth-order valence-corrected chi connectivity index (χ4v) is 6.50. The van der Waals surface area contributed by atoms with Crippen molar-refractivity contribution < 1.29 is 34.1 Å².